The minimum Gasteiger partial charge on any atom is -0.495 e. The van der Waals surface area contributed by atoms with Crippen LogP contribution in [0.1, 0.15) is 28.4 Å². The van der Waals surface area contributed by atoms with Crippen molar-refractivity contribution in [3.05, 3.63) is 106 Å². The van der Waals surface area contributed by atoms with Gasteiger partial charge >= 0.3 is 6.03 Å². The number of carbonyl (C=O) groups excluding carboxylic acids is 1. The van der Waals surface area contributed by atoms with Crippen LogP contribution in [-0.2, 0) is 6.54 Å². The van der Waals surface area contributed by atoms with Crippen molar-refractivity contribution >= 4 is 23.3 Å². The number of ether oxygens (including phenoxy) is 2. The Hall–Kier alpha value is -3.90. The van der Waals surface area contributed by atoms with Crippen LogP contribution in [0.4, 0.5) is 10.5 Å². The molecule has 1 aliphatic heterocycles. The van der Waals surface area contributed by atoms with Crippen LogP contribution in [0.5, 0.6) is 11.5 Å². The number of urea groups is 1. The van der Waals surface area contributed by atoms with Gasteiger partial charge in [-0.1, -0.05) is 59.6 Å². The summed E-state index contributed by atoms with van der Waals surface area (Å²) in [4.78, 5) is 15.8. The van der Waals surface area contributed by atoms with Crippen LogP contribution in [0.25, 0.3) is 5.69 Å². The van der Waals surface area contributed by atoms with Gasteiger partial charge < -0.3 is 24.3 Å². The van der Waals surface area contributed by atoms with E-state index in [2.05, 4.69) is 59.3 Å². The number of para-hydroxylation sites is 1. The van der Waals surface area contributed by atoms with E-state index >= 15 is 0 Å². The number of hydrogen-bond donors (Lipinski definition) is 1. The van der Waals surface area contributed by atoms with E-state index in [-0.39, 0.29) is 12.1 Å². The van der Waals surface area contributed by atoms with Crippen LogP contribution in [0.2, 0.25) is 5.02 Å². The van der Waals surface area contributed by atoms with Crippen molar-refractivity contribution in [2.75, 3.05) is 19.5 Å². The highest BCUT2D eigenvalue weighted by atomic mass is 35.5. The molecule has 0 fully saturated rings. The summed E-state index contributed by atoms with van der Waals surface area (Å²) in [6.45, 7) is 2.48. The van der Waals surface area contributed by atoms with Crippen LogP contribution in [0.15, 0.2) is 79.0 Å². The summed E-state index contributed by atoms with van der Waals surface area (Å²) in [5.74, 6) is 0.936. The molecule has 7 heteroatoms. The van der Waals surface area contributed by atoms with Gasteiger partial charge in [0.2, 0.25) is 0 Å². The topological polar surface area (TPSA) is 55.7 Å². The zero-order chi connectivity index (χ0) is 24.5. The smallest absolute Gasteiger partial charge is 0.323 e. The molecule has 0 saturated carbocycles. The lowest BCUT2D eigenvalue weighted by atomic mass is 10.0. The van der Waals surface area contributed by atoms with Crippen LogP contribution in [-0.4, -0.2) is 29.7 Å². The number of benzene rings is 3. The van der Waals surface area contributed by atoms with Crippen LogP contribution in [0.3, 0.4) is 0 Å². The van der Waals surface area contributed by atoms with Crippen molar-refractivity contribution in [3.8, 4) is 17.2 Å². The van der Waals surface area contributed by atoms with E-state index in [1.54, 1.807) is 19.2 Å². The lowest BCUT2D eigenvalue weighted by Crippen LogP contribution is -2.38. The predicted molar refractivity (Wildman–Crippen MR) is 138 cm³/mol. The van der Waals surface area contributed by atoms with Gasteiger partial charge in [0.1, 0.15) is 11.5 Å². The first-order chi connectivity index (χ1) is 17.0. The number of aryl methyl sites for hydroxylation is 1. The number of amides is 2. The van der Waals surface area contributed by atoms with E-state index in [1.165, 1.54) is 7.11 Å². The summed E-state index contributed by atoms with van der Waals surface area (Å²) in [5.41, 5.74) is 5.78. The molecule has 35 heavy (non-hydrogen) atoms. The maximum absolute atomic E-state index is 13.9. The van der Waals surface area contributed by atoms with Crippen molar-refractivity contribution in [3.63, 3.8) is 0 Å². The monoisotopic (exact) mass is 487 g/mol. The summed E-state index contributed by atoms with van der Waals surface area (Å²) in [6.07, 6.45) is 2.04. The van der Waals surface area contributed by atoms with Crippen molar-refractivity contribution in [2.24, 2.45) is 0 Å². The Morgan fingerprint density at radius 3 is 2.46 bits per heavy atom. The predicted octanol–water partition coefficient (Wildman–Crippen LogP) is 6.59. The number of carbonyl (C=O) groups is 1. The summed E-state index contributed by atoms with van der Waals surface area (Å²) < 4.78 is 13.0. The number of nitrogens with zero attached hydrogens (tertiary/aromatic N) is 2. The van der Waals surface area contributed by atoms with E-state index in [4.69, 9.17) is 21.1 Å². The molecule has 6 nitrogen and oxygen atoms in total. The Balaban J connectivity index is 1.61. The molecule has 3 aromatic carbocycles. The summed E-state index contributed by atoms with van der Waals surface area (Å²) in [6, 6.07) is 23.3. The van der Waals surface area contributed by atoms with Gasteiger partial charge in [0, 0.05) is 18.0 Å². The molecule has 0 saturated heterocycles. The number of hydrogen-bond acceptors (Lipinski definition) is 3. The first-order valence-corrected chi connectivity index (χ1v) is 11.7. The molecule has 1 aromatic heterocycles. The lowest BCUT2D eigenvalue weighted by molar-refractivity contribution is 0.194. The van der Waals surface area contributed by atoms with Crippen molar-refractivity contribution in [1.29, 1.82) is 0 Å². The molecule has 5 rings (SSSR count). The molecule has 1 aliphatic rings. The number of rotatable bonds is 4. The molecule has 0 radical (unpaired) electrons. The van der Waals surface area contributed by atoms with Crippen molar-refractivity contribution in [1.82, 2.24) is 9.47 Å². The first-order valence-electron chi connectivity index (χ1n) is 11.3. The fourth-order valence-electron chi connectivity index (χ4n) is 4.58. The maximum atomic E-state index is 13.9. The van der Waals surface area contributed by atoms with Crippen LogP contribution >= 0.6 is 11.6 Å². The van der Waals surface area contributed by atoms with Gasteiger partial charge in [0.25, 0.3) is 0 Å². The van der Waals surface area contributed by atoms with E-state index in [0.29, 0.717) is 28.8 Å². The minimum atomic E-state index is -0.308. The maximum Gasteiger partial charge on any atom is 0.323 e. The summed E-state index contributed by atoms with van der Waals surface area (Å²) >= 11 is 6.36. The molecule has 0 unspecified atom stereocenters. The van der Waals surface area contributed by atoms with Gasteiger partial charge in [-0.05, 0) is 42.3 Å². The average molecular weight is 488 g/mol. The van der Waals surface area contributed by atoms with Gasteiger partial charge in [-0.3, -0.25) is 0 Å². The molecule has 2 heterocycles. The second-order valence-electron chi connectivity index (χ2n) is 8.49. The van der Waals surface area contributed by atoms with E-state index in [9.17, 15) is 4.79 Å². The van der Waals surface area contributed by atoms with E-state index in [1.807, 2.05) is 29.3 Å². The van der Waals surface area contributed by atoms with E-state index in [0.717, 1.165) is 28.1 Å². The molecule has 0 spiro atoms. The lowest BCUT2D eigenvalue weighted by Gasteiger charge is -2.31. The highest BCUT2D eigenvalue weighted by Gasteiger charge is 2.33. The number of nitrogens with one attached hydrogen (secondary N) is 1. The zero-order valence-corrected chi connectivity index (χ0v) is 20.5. The molecular weight excluding hydrogens is 462 g/mol. The zero-order valence-electron chi connectivity index (χ0n) is 19.8. The fourth-order valence-corrected chi connectivity index (χ4v) is 4.82. The Kier molecular flexibility index (Phi) is 6.14. The largest absolute Gasteiger partial charge is 0.495 e. The first kappa shape index (κ1) is 22.9. The SMILES string of the molecule is COc1cc(OC)c(NC(=O)N2Cc3ccccc3-n3cccc3[C@@H]2c2ccc(C)cc2)cc1Cl. The Morgan fingerprint density at radius 1 is 0.971 bits per heavy atom. The molecule has 2 amide bonds. The van der Waals surface area contributed by atoms with Crippen molar-refractivity contribution in [2.45, 2.75) is 19.5 Å². The highest BCUT2D eigenvalue weighted by molar-refractivity contribution is 6.32. The Morgan fingerprint density at radius 2 is 1.71 bits per heavy atom. The fraction of sp³-hybridized carbons (Fsp3) is 0.179. The third-order valence-electron chi connectivity index (χ3n) is 6.33. The average Bonchev–Trinajstić information content (AvgIpc) is 3.29. The molecule has 1 atom stereocenters. The summed E-state index contributed by atoms with van der Waals surface area (Å²) in [5, 5.41) is 3.41. The minimum absolute atomic E-state index is 0.264. The molecule has 178 valence electrons. The molecule has 1 N–H and O–H groups in total. The molecule has 0 aliphatic carbocycles. The third-order valence-corrected chi connectivity index (χ3v) is 6.63. The highest BCUT2D eigenvalue weighted by Crippen LogP contribution is 2.39. The molecule has 4 aromatic rings. The number of halogens is 1. The van der Waals surface area contributed by atoms with Crippen LogP contribution < -0.4 is 14.8 Å². The second kappa shape index (κ2) is 9.39. The van der Waals surface area contributed by atoms with Gasteiger partial charge in [0.15, 0.2) is 0 Å². The van der Waals surface area contributed by atoms with Gasteiger partial charge in [-0.15, -0.1) is 0 Å². The second-order valence-corrected chi connectivity index (χ2v) is 8.90. The van der Waals surface area contributed by atoms with Gasteiger partial charge in [-0.25, -0.2) is 4.79 Å². The summed E-state index contributed by atoms with van der Waals surface area (Å²) in [7, 11) is 3.08. The van der Waals surface area contributed by atoms with Crippen molar-refractivity contribution < 1.29 is 14.3 Å². The number of aromatic nitrogens is 1. The van der Waals surface area contributed by atoms with Crippen LogP contribution in [0, 0.1) is 6.92 Å². The number of anilines is 1. The standard InChI is InChI=1S/C28H26ClN3O3/c1-18-10-12-19(13-11-18)27-24-9-6-14-31(24)23-8-5-4-7-20(23)17-32(27)28(33)30-22-15-21(29)25(34-2)16-26(22)35-3/h4-16,27H,17H2,1-3H3,(H,30,33)/t27-/m0/s1. The quantitative estimate of drug-likeness (QED) is 0.353. The Labute approximate surface area is 209 Å². The number of methoxy groups -OCH3 is 2. The molecule has 0 bridgehead atoms. The molecular formula is C28H26ClN3O3. The third kappa shape index (κ3) is 4.21. The normalized spacial score (nSPS) is 14.5. The Bertz CT molecular complexity index is 1380. The van der Waals surface area contributed by atoms with Gasteiger partial charge in [0.05, 0.1) is 43.2 Å². The number of fused-ring (bicyclic) bond motifs is 3. The van der Waals surface area contributed by atoms with E-state index < -0.39 is 0 Å². The van der Waals surface area contributed by atoms with Gasteiger partial charge in [-0.2, -0.15) is 0 Å².